The van der Waals surface area contributed by atoms with Crippen molar-refractivity contribution in [3.05, 3.63) is 65.5 Å². The number of amides is 2. The Labute approximate surface area is 218 Å². The van der Waals surface area contributed by atoms with Gasteiger partial charge in [-0.05, 0) is 81.2 Å². The molecule has 2 amide bonds. The number of benzene rings is 1. The van der Waals surface area contributed by atoms with E-state index in [1.807, 2.05) is 24.3 Å². The van der Waals surface area contributed by atoms with E-state index >= 15 is 0 Å². The molecule has 1 unspecified atom stereocenters. The molecule has 1 aliphatic heterocycles. The van der Waals surface area contributed by atoms with Crippen molar-refractivity contribution in [1.82, 2.24) is 20.1 Å². The van der Waals surface area contributed by atoms with Crippen molar-refractivity contribution >= 4 is 11.8 Å². The number of nitrogens with zero attached hydrogens (tertiary/aromatic N) is 4. The average Bonchev–Trinajstić information content (AvgIpc) is 3.78. The molecule has 2 aromatic rings. The third-order valence-corrected chi connectivity index (χ3v) is 8.10. The van der Waals surface area contributed by atoms with Crippen LogP contribution in [0.5, 0.6) is 0 Å². The second-order valence-corrected chi connectivity index (χ2v) is 10.8. The van der Waals surface area contributed by atoms with E-state index in [0.29, 0.717) is 30.1 Å². The molecule has 5 rings (SSSR count). The van der Waals surface area contributed by atoms with E-state index in [4.69, 9.17) is 11.0 Å². The minimum absolute atomic E-state index is 0.0588. The number of hydrogen-bond acceptors (Lipinski definition) is 6. The summed E-state index contributed by atoms with van der Waals surface area (Å²) in [5.74, 6) is -0.195. The van der Waals surface area contributed by atoms with Crippen LogP contribution in [0.15, 0.2) is 48.8 Å². The van der Waals surface area contributed by atoms with Crippen LogP contribution in [0.4, 0.5) is 0 Å². The van der Waals surface area contributed by atoms with Gasteiger partial charge in [-0.2, -0.15) is 5.26 Å². The number of nitriles is 1. The predicted molar refractivity (Wildman–Crippen MR) is 140 cm³/mol. The highest BCUT2D eigenvalue weighted by Gasteiger charge is 2.42. The number of nitrogens with one attached hydrogen (secondary N) is 1. The van der Waals surface area contributed by atoms with E-state index in [1.165, 1.54) is 5.56 Å². The number of nitrogens with two attached hydrogens (primary N) is 1. The first kappa shape index (κ1) is 25.4. The Kier molecular flexibility index (Phi) is 7.82. The van der Waals surface area contributed by atoms with Gasteiger partial charge in [0.1, 0.15) is 6.04 Å². The lowest BCUT2D eigenvalue weighted by molar-refractivity contribution is -0.128. The topological polar surface area (TPSA) is 115 Å². The number of pyridine rings is 1. The fourth-order valence-corrected chi connectivity index (χ4v) is 5.81. The van der Waals surface area contributed by atoms with Crippen LogP contribution in [0.2, 0.25) is 0 Å². The van der Waals surface area contributed by atoms with Crippen LogP contribution in [-0.2, 0) is 11.3 Å². The highest BCUT2D eigenvalue weighted by Crippen LogP contribution is 2.35. The highest BCUT2D eigenvalue weighted by atomic mass is 16.2. The second-order valence-electron chi connectivity index (χ2n) is 10.8. The molecule has 8 nitrogen and oxygen atoms in total. The Hall–Kier alpha value is -3.28. The van der Waals surface area contributed by atoms with Gasteiger partial charge in [-0.15, -0.1) is 0 Å². The minimum Gasteiger partial charge on any atom is -0.352 e. The first-order valence-electron chi connectivity index (χ1n) is 13.5. The van der Waals surface area contributed by atoms with Crippen molar-refractivity contribution in [3.8, 4) is 6.07 Å². The number of hydrogen-bond donors (Lipinski definition) is 2. The summed E-state index contributed by atoms with van der Waals surface area (Å²) in [5, 5.41) is 12.4. The molecule has 0 bridgehead atoms. The number of rotatable bonds is 7. The Morgan fingerprint density at radius 3 is 2.46 bits per heavy atom. The zero-order valence-electron chi connectivity index (χ0n) is 21.3. The maximum atomic E-state index is 13.7. The molecule has 2 atom stereocenters. The van der Waals surface area contributed by atoms with Gasteiger partial charge in [-0.25, -0.2) is 0 Å². The molecule has 194 valence electrons. The number of carbonyl (C=O) groups excluding carboxylic acids is 2. The third-order valence-electron chi connectivity index (χ3n) is 8.10. The molecule has 8 heteroatoms. The number of carbonyl (C=O) groups is 2. The summed E-state index contributed by atoms with van der Waals surface area (Å²) in [5.41, 5.74) is 8.40. The lowest BCUT2D eigenvalue weighted by Gasteiger charge is -2.43. The van der Waals surface area contributed by atoms with E-state index in [0.717, 1.165) is 51.5 Å². The molecule has 3 fully saturated rings. The smallest absolute Gasteiger partial charge is 0.256 e. The van der Waals surface area contributed by atoms with Crippen LogP contribution in [0.3, 0.4) is 0 Å². The van der Waals surface area contributed by atoms with Crippen LogP contribution < -0.4 is 11.1 Å². The molecular formula is C29H36N6O2. The molecule has 37 heavy (non-hydrogen) atoms. The van der Waals surface area contributed by atoms with E-state index in [2.05, 4.69) is 21.3 Å². The molecule has 1 saturated heterocycles. The summed E-state index contributed by atoms with van der Waals surface area (Å²) in [6.07, 6.45) is 10.6. The number of likely N-dealkylation sites (tertiary alicyclic amines) is 1. The lowest BCUT2D eigenvalue weighted by Crippen LogP contribution is -2.59. The van der Waals surface area contributed by atoms with Crippen LogP contribution >= 0.6 is 0 Å². The summed E-state index contributed by atoms with van der Waals surface area (Å²) < 4.78 is 0. The van der Waals surface area contributed by atoms with Gasteiger partial charge in [0.05, 0.1) is 17.2 Å². The van der Waals surface area contributed by atoms with Gasteiger partial charge in [0, 0.05) is 49.7 Å². The van der Waals surface area contributed by atoms with Gasteiger partial charge in [-0.3, -0.25) is 19.5 Å². The van der Waals surface area contributed by atoms with Gasteiger partial charge in [0.15, 0.2) is 0 Å². The molecule has 3 N–H and O–H groups in total. The molecule has 2 heterocycles. The van der Waals surface area contributed by atoms with Crippen molar-refractivity contribution in [3.63, 3.8) is 0 Å². The SMILES string of the molecule is N#Cc1ccc(CN(C2CC2)C2CCN(C(=O)c3cccnc3)[C@@H](C(=O)NC3CCC(N)CC3)C2)cc1. The third kappa shape index (κ3) is 6.17. The van der Waals surface area contributed by atoms with Gasteiger partial charge in [-0.1, -0.05) is 12.1 Å². The molecule has 1 aromatic heterocycles. The van der Waals surface area contributed by atoms with Gasteiger partial charge >= 0.3 is 0 Å². The zero-order valence-corrected chi connectivity index (χ0v) is 21.3. The summed E-state index contributed by atoms with van der Waals surface area (Å²) in [6.45, 7) is 1.31. The number of aromatic nitrogens is 1. The van der Waals surface area contributed by atoms with Crippen molar-refractivity contribution in [2.75, 3.05) is 6.54 Å². The largest absolute Gasteiger partial charge is 0.352 e. The quantitative estimate of drug-likeness (QED) is 0.604. The van der Waals surface area contributed by atoms with E-state index in [-0.39, 0.29) is 29.9 Å². The van der Waals surface area contributed by atoms with E-state index < -0.39 is 6.04 Å². The first-order valence-corrected chi connectivity index (χ1v) is 13.5. The molecule has 0 spiro atoms. The summed E-state index contributed by atoms with van der Waals surface area (Å²) in [7, 11) is 0. The first-order chi connectivity index (χ1) is 18.0. The van der Waals surface area contributed by atoms with Crippen molar-refractivity contribution < 1.29 is 9.59 Å². The number of piperidine rings is 1. The minimum atomic E-state index is -0.524. The highest BCUT2D eigenvalue weighted by molar-refractivity contribution is 5.97. The fraction of sp³-hybridized carbons (Fsp3) is 0.517. The molecular weight excluding hydrogens is 464 g/mol. The van der Waals surface area contributed by atoms with E-state index in [9.17, 15) is 9.59 Å². The molecule has 1 aromatic carbocycles. The maximum absolute atomic E-state index is 13.7. The molecule has 3 aliphatic rings. The maximum Gasteiger partial charge on any atom is 0.256 e. The fourth-order valence-electron chi connectivity index (χ4n) is 5.81. The van der Waals surface area contributed by atoms with Crippen molar-refractivity contribution in [2.24, 2.45) is 5.73 Å². The van der Waals surface area contributed by atoms with Crippen LogP contribution in [0.25, 0.3) is 0 Å². The average molecular weight is 501 g/mol. The zero-order chi connectivity index (χ0) is 25.8. The Morgan fingerprint density at radius 2 is 1.81 bits per heavy atom. The summed E-state index contributed by atoms with van der Waals surface area (Å²) >= 11 is 0. The lowest BCUT2D eigenvalue weighted by atomic mass is 9.90. The Bertz CT molecular complexity index is 1120. The van der Waals surface area contributed by atoms with Gasteiger partial charge < -0.3 is 16.0 Å². The standard InChI is InChI=1S/C29H36N6O2/c30-17-20-3-5-21(6-4-20)19-35(25-11-12-25)26-13-15-34(29(37)22-2-1-14-32-18-22)27(16-26)28(36)33-24-9-7-23(31)8-10-24/h1-6,14,18,23-27H,7-13,15-16,19,31H2,(H,33,36)/t23?,24?,26?,27-/m1/s1. The van der Waals surface area contributed by atoms with Crippen LogP contribution in [-0.4, -0.2) is 63.4 Å². The van der Waals surface area contributed by atoms with Crippen LogP contribution in [0.1, 0.15) is 72.9 Å². The van der Waals surface area contributed by atoms with Crippen LogP contribution in [0, 0.1) is 11.3 Å². The normalized spacial score (nSPS) is 25.9. The monoisotopic (exact) mass is 500 g/mol. The van der Waals surface area contributed by atoms with Crippen molar-refractivity contribution in [1.29, 1.82) is 5.26 Å². The predicted octanol–water partition coefficient (Wildman–Crippen LogP) is 2.98. The Balaban J connectivity index is 1.34. The summed E-state index contributed by atoms with van der Waals surface area (Å²) in [4.78, 5) is 35.5. The van der Waals surface area contributed by atoms with Gasteiger partial charge in [0.2, 0.25) is 5.91 Å². The Morgan fingerprint density at radius 1 is 1.05 bits per heavy atom. The molecule has 2 saturated carbocycles. The van der Waals surface area contributed by atoms with Gasteiger partial charge in [0.25, 0.3) is 5.91 Å². The molecule has 2 aliphatic carbocycles. The molecule has 0 radical (unpaired) electrons. The second kappa shape index (κ2) is 11.4. The summed E-state index contributed by atoms with van der Waals surface area (Å²) in [6, 6.07) is 14.0. The van der Waals surface area contributed by atoms with Crippen molar-refractivity contribution in [2.45, 2.75) is 88.1 Å². The van der Waals surface area contributed by atoms with E-state index in [1.54, 1.807) is 29.4 Å².